The Morgan fingerprint density at radius 1 is 0.667 bits per heavy atom. The van der Waals surface area contributed by atoms with Crippen LogP contribution < -0.4 is 0 Å². The molecular weight excluding hydrogens is 179 g/mol. The van der Waals surface area contributed by atoms with Gasteiger partial charge >= 0.3 is 7.82 Å². The van der Waals surface area contributed by atoms with Crippen LogP contribution in [0.25, 0.3) is 0 Å². The van der Waals surface area contributed by atoms with Crippen molar-refractivity contribution in [2.24, 2.45) is 0 Å². The van der Waals surface area contributed by atoms with Gasteiger partial charge in [-0.3, -0.25) is 0 Å². The molecule has 1 rings (SSSR count). The van der Waals surface area contributed by atoms with Gasteiger partial charge in [0.15, 0.2) is 0 Å². The van der Waals surface area contributed by atoms with E-state index < -0.39 is 7.82 Å². The summed E-state index contributed by atoms with van der Waals surface area (Å²) in [6.07, 6.45) is 10.5. The van der Waals surface area contributed by atoms with Gasteiger partial charge in [0, 0.05) is 0 Å². The largest absolute Gasteiger partial charge is 0.466 e. The van der Waals surface area contributed by atoms with Crippen LogP contribution in [0.3, 0.4) is 0 Å². The normalized spacial score (nSPS) is 18.9. The number of hydrogen-bond acceptors (Lipinski definition) is 1. The topological polar surface area (TPSA) is 77.8 Å². The van der Waals surface area contributed by atoms with Crippen molar-refractivity contribution in [3.05, 3.63) is 0 Å². The molecule has 5 heteroatoms. The predicted octanol–water partition coefficient (Wildman–Crippen LogP) is 1.80. The summed E-state index contributed by atoms with van der Waals surface area (Å²) in [5.41, 5.74) is 0. The van der Waals surface area contributed by atoms with Crippen molar-refractivity contribution < 1.29 is 19.2 Å². The first-order valence-electron chi connectivity index (χ1n) is 4.28. The first-order valence-corrected chi connectivity index (χ1v) is 5.85. The molecule has 0 heterocycles. The lowest BCUT2D eigenvalue weighted by atomic mass is 10.2. The van der Waals surface area contributed by atoms with Crippen molar-refractivity contribution in [2.45, 2.75) is 44.9 Å². The molecular formula is C7H17O4P. The Kier molecular flexibility index (Phi) is 6.67. The molecule has 0 aliphatic heterocycles. The molecule has 0 amide bonds. The standard InChI is InChI=1S/C7H14.H3O4P/c1-2-4-6-7-5-3-1;1-5(2,3)4/h1-7H2;(H3,1,2,3,4). The summed E-state index contributed by atoms with van der Waals surface area (Å²) in [7, 11) is -4.64. The molecule has 1 aliphatic carbocycles. The average molecular weight is 196 g/mol. The first-order chi connectivity index (χ1) is 5.50. The molecule has 12 heavy (non-hydrogen) atoms. The van der Waals surface area contributed by atoms with Crippen molar-refractivity contribution in [3.63, 3.8) is 0 Å². The molecule has 0 atom stereocenters. The molecule has 74 valence electrons. The Morgan fingerprint density at radius 2 is 0.750 bits per heavy atom. The monoisotopic (exact) mass is 196 g/mol. The van der Waals surface area contributed by atoms with Crippen LogP contribution in [-0.4, -0.2) is 14.7 Å². The lowest BCUT2D eigenvalue weighted by Crippen LogP contribution is -1.66. The molecule has 1 aliphatic rings. The molecule has 0 aromatic rings. The van der Waals surface area contributed by atoms with E-state index in [9.17, 15) is 0 Å². The van der Waals surface area contributed by atoms with E-state index in [0.717, 1.165) is 0 Å². The van der Waals surface area contributed by atoms with Gasteiger partial charge in [0.05, 0.1) is 0 Å². The SMILES string of the molecule is C1CCCCCC1.O=P(O)(O)O. The molecule has 4 nitrogen and oxygen atoms in total. The van der Waals surface area contributed by atoms with Gasteiger partial charge in [-0.05, 0) is 0 Å². The van der Waals surface area contributed by atoms with E-state index in [2.05, 4.69) is 0 Å². The highest BCUT2D eigenvalue weighted by molar-refractivity contribution is 7.45. The highest BCUT2D eigenvalue weighted by Crippen LogP contribution is 2.25. The molecule has 0 saturated heterocycles. The van der Waals surface area contributed by atoms with Crippen LogP contribution >= 0.6 is 7.82 Å². The molecule has 3 N–H and O–H groups in total. The van der Waals surface area contributed by atoms with Crippen LogP contribution in [0.1, 0.15) is 44.9 Å². The fourth-order valence-electron chi connectivity index (χ4n) is 1.24. The highest BCUT2D eigenvalue weighted by Gasteiger charge is 2.00. The van der Waals surface area contributed by atoms with Crippen LogP contribution in [0.2, 0.25) is 0 Å². The van der Waals surface area contributed by atoms with E-state index in [1.54, 1.807) is 0 Å². The average Bonchev–Trinajstić information content (AvgIpc) is 2.10. The second-order valence-electron chi connectivity index (χ2n) is 2.99. The summed E-state index contributed by atoms with van der Waals surface area (Å²) in [5, 5.41) is 0. The summed E-state index contributed by atoms with van der Waals surface area (Å²) >= 11 is 0. The van der Waals surface area contributed by atoms with Gasteiger partial charge in [0.25, 0.3) is 0 Å². The fraction of sp³-hybridized carbons (Fsp3) is 1.00. The quantitative estimate of drug-likeness (QED) is 0.407. The molecule has 0 aromatic carbocycles. The fourth-order valence-corrected chi connectivity index (χ4v) is 1.24. The van der Waals surface area contributed by atoms with Gasteiger partial charge in [-0.25, -0.2) is 4.57 Å². The highest BCUT2D eigenvalue weighted by atomic mass is 31.2. The van der Waals surface area contributed by atoms with Gasteiger partial charge < -0.3 is 14.7 Å². The van der Waals surface area contributed by atoms with Crippen LogP contribution in [0, 0.1) is 0 Å². The molecule has 0 bridgehead atoms. The van der Waals surface area contributed by atoms with Gasteiger partial charge in [0.1, 0.15) is 0 Å². The zero-order valence-electron chi connectivity index (χ0n) is 7.15. The van der Waals surface area contributed by atoms with E-state index in [1.165, 1.54) is 44.9 Å². The third-order valence-electron chi connectivity index (χ3n) is 1.75. The van der Waals surface area contributed by atoms with Gasteiger partial charge in [0.2, 0.25) is 0 Å². The van der Waals surface area contributed by atoms with E-state index in [-0.39, 0.29) is 0 Å². The Morgan fingerprint density at radius 3 is 0.833 bits per heavy atom. The predicted molar refractivity (Wildman–Crippen MR) is 46.6 cm³/mol. The summed E-state index contributed by atoms with van der Waals surface area (Å²) in [4.78, 5) is 21.6. The molecule has 0 aromatic heterocycles. The lowest BCUT2D eigenvalue weighted by Gasteiger charge is -1.85. The zero-order chi connectivity index (χ0) is 9.45. The first kappa shape index (κ1) is 12.1. The summed E-state index contributed by atoms with van der Waals surface area (Å²) in [6.45, 7) is 0. The minimum absolute atomic E-state index is 1.50. The van der Waals surface area contributed by atoms with E-state index in [4.69, 9.17) is 19.2 Å². The van der Waals surface area contributed by atoms with Crippen molar-refractivity contribution in [1.82, 2.24) is 0 Å². The van der Waals surface area contributed by atoms with Gasteiger partial charge in [-0.1, -0.05) is 44.9 Å². The van der Waals surface area contributed by atoms with Crippen LogP contribution in [0.4, 0.5) is 0 Å². The van der Waals surface area contributed by atoms with Crippen LogP contribution in [0.15, 0.2) is 0 Å². The molecule has 0 unspecified atom stereocenters. The van der Waals surface area contributed by atoms with E-state index >= 15 is 0 Å². The maximum atomic E-state index is 8.88. The second kappa shape index (κ2) is 6.61. The number of phosphoric acid groups is 1. The van der Waals surface area contributed by atoms with Crippen molar-refractivity contribution >= 4 is 7.82 Å². The third-order valence-corrected chi connectivity index (χ3v) is 1.75. The van der Waals surface area contributed by atoms with Gasteiger partial charge in [-0.2, -0.15) is 0 Å². The Labute approximate surface area is 72.9 Å². The van der Waals surface area contributed by atoms with Crippen LogP contribution in [-0.2, 0) is 4.57 Å². The van der Waals surface area contributed by atoms with Crippen molar-refractivity contribution in [2.75, 3.05) is 0 Å². The summed E-state index contributed by atoms with van der Waals surface area (Å²) < 4.78 is 8.88. The van der Waals surface area contributed by atoms with Gasteiger partial charge in [-0.15, -0.1) is 0 Å². The molecule has 1 saturated carbocycles. The molecule has 1 fully saturated rings. The third kappa shape index (κ3) is 16.6. The van der Waals surface area contributed by atoms with Crippen LogP contribution in [0.5, 0.6) is 0 Å². The maximum Gasteiger partial charge on any atom is 0.466 e. The van der Waals surface area contributed by atoms with E-state index in [1.807, 2.05) is 0 Å². The van der Waals surface area contributed by atoms with Crippen molar-refractivity contribution in [3.8, 4) is 0 Å². The number of rotatable bonds is 0. The van der Waals surface area contributed by atoms with Crippen molar-refractivity contribution in [1.29, 1.82) is 0 Å². The maximum absolute atomic E-state index is 8.88. The Bertz CT molecular complexity index is 114. The number of hydrogen-bond donors (Lipinski definition) is 3. The second-order valence-corrected chi connectivity index (χ2v) is 4.01. The minimum Gasteiger partial charge on any atom is -0.303 e. The van der Waals surface area contributed by atoms with E-state index in [0.29, 0.717) is 0 Å². The molecule has 0 spiro atoms. The Hall–Kier alpha value is 0.110. The smallest absolute Gasteiger partial charge is 0.303 e. The summed E-state index contributed by atoms with van der Waals surface area (Å²) in [6, 6.07) is 0. The zero-order valence-corrected chi connectivity index (χ0v) is 8.04. The Balaban J connectivity index is 0.000000217. The lowest BCUT2D eigenvalue weighted by molar-refractivity contribution is 0.275. The summed E-state index contributed by atoms with van der Waals surface area (Å²) in [5.74, 6) is 0. The minimum atomic E-state index is -4.64. The molecule has 0 radical (unpaired) electrons.